The largest absolute Gasteiger partial charge is 0.475 e. The Labute approximate surface area is 156 Å². The topological polar surface area (TPSA) is 76.1 Å². The highest BCUT2D eigenvalue weighted by molar-refractivity contribution is 5.89. The van der Waals surface area contributed by atoms with Gasteiger partial charge in [0, 0.05) is 17.3 Å². The minimum Gasteiger partial charge on any atom is -0.475 e. The number of benzene rings is 2. The molecule has 0 bridgehead atoms. The van der Waals surface area contributed by atoms with Gasteiger partial charge >= 0.3 is 6.03 Å². The first kappa shape index (κ1) is 18.3. The Morgan fingerprint density at radius 3 is 2.59 bits per heavy atom. The molecule has 0 aliphatic heterocycles. The number of aryl methyl sites for hydroxylation is 1. The summed E-state index contributed by atoms with van der Waals surface area (Å²) in [5, 5.41) is 13.3. The maximum absolute atomic E-state index is 13.1. The van der Waals surface area contributed by atoms with Crippen molar-refractivity contribution in [2.24, 2.45) is 0 Å². The van der Waals surface area contributed by atoms with Crippen molar-refractivity contribution in [3.05, 3.63) is 72.0 Å². The molecule has 0 saturated carbocycles. The van der Waals surface area contributed by atoms with Crippen LogP contribution < -0.4 is 15.4 Å². The van der Waals surface area contributed by atoms with E-state index < -0.39 is 11.8 Å². The molecule has 0 saturated heterocycles. The van der Waals surface area contributed by atoms with Crippen LogP contribution in [0.1, 0.15) is 5.56 Å². The summed E-state index contributed by atoms with van der Waals surface area (Å²) in [5.74, 6) is -0.0398. The quantitative estimate of drug-likeness (QED) is 0.651. The monoisotopic (exact) mass is 366 g/mol. The van der Waals surface area contributed by atoms with Gasteiger partial charge in [-0.2, -0.15) is 0 Å². The lowest BCUT2D eigenvalue weighted by Gasteiger charge is -2.09. The first-order valence-electron chi connectivity index (χ1n) is 8.44. The van der Waals surface area contributed by atoms with Crippen LogP contribution in [0.5, 0.6) is 5.88 Å². The summed E-state index contributed by atoms with van der Waals surface area (Å²) >= 11 is 0. The molecule has 7 heteroatoms. The molecule has 0 aliphatic rings. The molecular formula is C20H19FN4O2. The van der Waals surface area contributed by atoms with Gasteiger partial charge in [-0.05, 0) is 31.2 Å². The Balaban J connectivity index is 1.42. The minimum atomic E-state index is -0.440. The van der Waals surface area contributed by atoms with Crippen LogP contribution >= 0.6 is 0 Å². The molecule has 2 N–H and O–H groups in total. The van der Waals surface area contributed by atoms with Gasteiger partial charge in [-0.1, -0.05) is 35.9 Å². The second-order valence-electron chi connectivity index (χ2n) is 5.86. The van der Waals surface area contributed by atoms with E-state index in [-0.39, 0.29) is 13.2 Å². The van der Waals surface area contributed by atoms with E-state index in [1.807, 2.05) is 37.3 Å². The molecule has 0 atom stereocenters. The molecule has 0 aliphatic carbocycles. The van der Waals surface area contributed by atoms with Crippen molar-refractivity contribution in [3.63, 3.8) is 0 Å². The zero-order valence-corrected chi connectivity index (χ0v) is 14.8. The van der Waals surface area contributed by atoms with Crippen LogP contribution in [-0.4, -0.2) is 29.4 Å². The molecule has 138 valence electrons. The molecule has 2 aromatic carbocycles. The molecule has 0 spiro atoms. The molecule has 2 amide bonds. The Kier molecular flexibility index (Phi) is 5.94. The summed E-state index contributed by atoms with van der Waals surface area (Å²) in [7, 11) is 0. The highest BCUT2D eigenvalue weighted by Gasteiger charge is 2.04. The van der Waals surface area contributed by atoms with Gasteiger partial charge in [-0.3, -0.25) is 0 Å². The third-order valence-electron chi connectivity index (χ3n) is 3.71. The first-order valence-corrected chi connectivity index (χ1v) is 8.44. The molecule has 1 aromatic heterocycles. The number of aromatic nitrogens is 2. The summed E-state index contributed by atoms with van der Waals surface area (Å²) in [5.41, 5.74) is 3.30. The number of halogens is 1. The van der Waals surface area contributed by atoms with E-state index in [1.54, 1.807) is 12.1 Å². The Morgan fingerprint density at radius 2 is 1.89 bits per heavy atom. The van der Waals surface area contributed by atoms with Crippen molar-refractivity contribution in [1.29, 1.82) is 0 Å². The molecule has 3 rings (SSSR count). The number of hydrogen-bond donors (Lipinski definition) is 2. The highest BCUT2D eigenvalue weighted by atomic mass is 19.1. The van der Waals surface area contributed by atoms with Gasteiger partial charge in [0.2, 0.25) is 5.88 Å². The number of urea groups is 1. The van der Waals surface area contributed by atoms with Crippen LogP contribution in [0.4, 0.5) is 14.9 Å². The van der Waals surface area contributed by atoms with Crippen molar-refractivity contribution in [2.45, 2.75) is 6.92 Å². The van der Waals surface area contributed by atoms with Gasteiger partial charge < -0.3 is 15.4 Å². The second kappa shape index (κ2) is 8.75. The fraction of sp³-hybridized carbons (Fsp3) is 0.150. The standard InChI is InChI=1S/C20H19FN4O2/c1-14-5-7-15(8-6-14)18-9-10-19(25-24-18)27-12-11-22-20(26)23-17-4-2-3-16(21)13-17/h2-10,13H,11-12H2,1H3,(H2,22,23,26). The molecule has 0 unspecified atom stereocenters. The maximum atomic E-state index is 13.1. The van der Waals surface area contributed by atoms with E-state index in [9.17, 15) is 9.18 Å². The zero-order valence-electron chi connectivity index (χ0n) is 14.8. The smallest absolute Gasteiger partial charge is 0.319 e. The van der Waals surface area contributed by atoms with Crippen molar-refractivity contribution >= 4 is 11.7 Å². The molecule has 3 aromatic rings. The molecule has 6 nitrogen and oxygen atoms in total. The fourth-order valence-electron chi connectivity index (χ4n) is 2.34. The van der Waals surface area contributed by atoms with Gasteiger partial charge in [0.25, 0.3) is 0 Å². The maximum Gasteiger partial charge on any atom is 0.319 e. The summed E-state index contributed by atoms with van der Waals surface area (Å²) in [6, 6.07) is 16.8. The lowest BCUT2D eigenvalue weighted by atomic mass is 10.1. The van der Waals surface area contributed by atoms with Crippen LogP contribution in [-0.2, 0) is 0 Å². The average Bonchev–Trinajstić information content (AvgIpc) is 2.66. The highest BCUT2D eigenvalue weighted by Crippen LogP contribution is 2.18. The van der Waals surface area contributed by atoms with E-state index in [0.717, 1.165) is 11.3 Å². The third-order valence-corrected chi connectivity index (χ3v) is 3.71. The molecule has 0 radical (unpaired) electrons. The van der Waals surface area contributed by atoms with Gasteiger partial charge in [-0.15, -0.1) is 10.2 Å². The summed E-state index contributed by atoms with van der Waals surface area (Å²) in [6.07, 6.45) is 0. The number of hydrogen-bond acceptors (Lipinski definition) is 4. The number of rotatable bonds is 6. The van der Waals surface area contributed by atoms with Crippen molar-refractivity contribution < 1.29 is 13.9 Å². The van der Waals surface area contributed by atoms with Gasteiger partial charge in [0.15, 0.2) is 0 Å². The number of nitrogens with one attached hydrogen (secondary N) is 2. The molecule has 0 fully saturated rings. The number of nitrogens with zero attached hydrogens (tertiary/aromatic N) is 2. The number of carbonyl (C=O) groups excluding carboxylic acids is 1. The Morgan fingerprint density at radius 1 is 1.07 bits per heavy atom. The van der Waals surface area contributed by atoms with E-state index in [2.05, 4.69) is 20.8 Å². The molecule has 1 heterocycles. The van der Waals surface area contributed by atoms with Crippen molar-refractivity contribution in [2.75, 3.05) is 18.5 Å². The predicted molar refractivity (Wildman–Crippen MR) is 101 cm³/mol. The SMILES string of the molecule is Cc1ccc(-c2ccc(OCCNC(=O)Nc3cccc(F)c3)nn2)cc1. The number of ether oxygens (including phenoxy) is 1. The van der Waals surface area contributed by atoms with Gasteiger partial charge in [-0.25, -0.2) is 9.18 Å². The van der Waals surface area contributed by atoms with E-state index in [4.69, 9.17) is 4.74 Å². The minimum absolute atomic E-state index is 0.231. The number of amides is 2. The van der Waals surface area contributed by atoms with Crippen LogP contribution in [0.3, 0.4) is 0 Å². The molecular weight excluding hydrogens is 347 g/mol. The van der Waals surface area contributed by atoms with Crippen LogP contribution in [0.2, 0.25) is 0 Å². The predicted octanol–water partition coefficient (Wildman–Crippen LogP) is 3.79. The summed E-state index contributed by atoms with van der Waals surface area (Å²) in [4.78, 5) is 11.7. The zero-order chi connectivity index (χ0) is 19.1. The summed E-state index contributed by atoms with van der Waals surface area (Å²) < 4.78 is 18.5. The normalized spacial score (nSPS) is 10.3. The first-order chi connectivity index (χ1) is 13.1. The van der Waals surface area contributed by atoms with Crippen LogP contribution in [0.15, 0.2) is 60.7 Å². The third kappa shape index (κ3) is 5.50. The summed E-state index contributed by atoms with van der Waals surface area (Å²) in [6.45, 7) is 2.52. The number of anilines is 1. The Bertz CT molecular complexity index is 899. The van der Waals surface area contributed by atoms with Gasteiger partial charge in [0.05, 0.1) is 12.2 Å². The van der Waals surface area contributed by atoms with Crippen molar-refractivity contribution in [3.8, 4) is 17.1 Å². The van der Waals surface area contributed by atoms with Crippen LogP contribution in [0, 0.1) is 12.7 Å². The van der Waals surface area contributed by atoms with E-state index in [0.29, 0.717) is 11.6 Å². The second-order valence-corrected chi connectivity index (χ2v) is 5.86. The van der Waals surface area contributed by atoms with Crippen molar-refractivity contribution in [1.82, 2.24) is 15.5 Å². The molecule has 27 heavy (non-hydrogen) atoms. The average molecular weight is 366 g/mol. The van der Waals surface area contributed by atoms with E-state index in [1.165, 1.54) is 23.8 Å². The lowest BCUT2D eigenvalue weighted by Crippen LogP contribution is -2.32. The van der Waals surface area contributed by atoms with Crippen LogP contribution in [0.25, 0.3) is 11.3 Å². The van der Waals surface area contributed by atoms with E-state index >= 15 is 0 Å². The lowest BCUT2D eigenvalue weighted by molar-refractivity contribution is 0.246. The van der Waals surface area contributed by atoms with Gasteiger partial charge in [0.1, 0.15) is 12.4 Å². The Hall–Kier alpha value is -3.48. The fourth-order valence-corrected chi connectivity index (χ4v) is 2.34. The number of carbonyl (C=O) groups is 1.